The van der Waals surface area contributed by atoms with Crippen molar-refractivity contribution in [3.05, 3.63) is 106 Å². The van der Waals surface area contributed by atoms with Crippen LogP contribution in [0.3, 0.4) is 0 Å². The first-order chi connectivity index (χ1) is 15.6. The Kier molecular flexibility index (Phi) is 7.44. The van der Waals surface area contributed by atoms with Gasteiger partial charge in [-0.25, -0.2) is 0 Å². The fraction of sp³-hybridized carbons (Fsp3) is 0.333. The maximum Gasteiger partial charge on any atom is 0.183 e. The van der Waals surface area contributed by atoms with Crippen LogP contribution in [0.2, 0.25) is 0 Å². The molecule has 0 unspecified atom stereocenters. The molecule has 4 rings (SSSR count). The van der Waals surface area contributed by atoms with Gasteiger partial charge in [-0.05, 0) is 36.6 Å². The van der Waals surface area contributed by atoms with Crippen molar-refractivity contribution < 1.29 is 9.47 Å². The molecule has 3 aromatic carbocycles. The summed E-state index contributed by atoms with van der Waals surface area (Å²) in [5.74, 6) is 0. The molecule has 0 spiro atoms. The van der Waals surface area contributed by atoms with E-state index in [0.29, 0.717) is 13.2 Å². The minimum absolute atomic E-state index is 0.187. The van der Waals surface area contributed by atoms with Gasteiger partial charge < -0.3 is 15.2 Å². The maximum absolute atomic E-state index is 6.92. The lowest BCUT2D eigenvalue weighted by Gasteiger charge is -2.52. The molecule has 0 bridgehead atoms. The Morgan fingerprint density at radius 1 is 0.844 bits per heavy atom. The van der Waals surface area contributed by atoms with E-state index in [4.69, 9.17) is 15.2 Å². The second kappa shape index (κ2) is 10.3. The average Bonchev–Trinajstić information content (AvgIpc) is 2.79. The molecule has 1 fully saturated rings. The van der Waals surface area contributed by atoms with Crippen molar-refractivity contribution in [2.45, 2.75) is 31.7 Å². The first-order valence-corrected chi connectivity index (χ1v) is 12.0. The number of nitrogens with zero attached hydrogens (tertiary/aromatic N) is 1. The fourth-order valence-corrected chi connectivity index (χ4v) is 5.33. The normalized spacial score (nSPS) is 15.8. The van der Waals surface area contributed by atoms with Crippen molar-refractivity contribution in [2.24, 2.45) is 5.73 Å². The molecule has 1 heterocycles. The molecular weight excluding hydrogens is 464 g/mol. The Morgan fingerprint density at radius 3 is 1.84 bits per heavy atom. The molecule has 32 heavy (non-hydrogen) atoms. The molecule has 0 atom stereocenters. The van der Waals surface area contributed by atoms with E-state index in [9.17, 15) is 0 Å². The number of likely N-dealkylation sites (tertiary alicyclic amines) is 1. The van der Waals surface area contributed by atoms with Crippen LogP contribution in [0.25, 0.3) is 0 Å². The van der Waals surface area contributed by atoms with E-state index in [1.807, 2.05) is 13.8 Å². The van der Waals surface area contributed by atoms with Gasteiger partial charge in [0.1, 0.15) is 0 Å². The number of rotatable bonds is 9. The highest BCUT2D eigenvalue weighted by Gasteiger charge is 2.45. The van der Waals surface area contributed by atoms with Gasteiger partial charge in [-0.15, -0.1) is 0 Å². The van der Waals surface area contributed by atoms with Crippen molar-refractivity contribution >= 4 is 15.9 Å². The standard InChI is InChI=1S/C27H31BrN2O2/c1-3-31-26(32-4-2)22-15-16-23(24(28)17-22)27(29)18-30(19-27)25(20-11-7-5-8-12-20)21-13-9-6-10-14-21/h5-17,25-26H,3-4,18-19,29H2,1-2H3. The summed E-state index contributed by atoms with van der Waals surface area (Å²) in [6, 6.07) is 27.8. The highest BCUT2D eigenvalue weighted by atomic mass is 79.9. The fourth-order valence-electron chi connectivity index (χ4n) is 4.54. The minimum Gasteiger partial charge on any atom is -0.349 e. The Labute approximate surface area is 199 Å². The van der Waals surface area contributed by atoms with Crippen LogP contribution in [0.1, 0.15) is 48.4 Å². The van der Waals surface area contributed by atoms with Crippen LogP contribution in [-0.2, 0) is 15.0 Å². The van der Waals surface area contributed by atoms with Crippen molar-refractivity contribution in [3.8, 4) is 0 Å². The van der Waals surface area contributed by atoms with Crippen LogP contribution in [0.5, 0.6) is 0 Å². The third-order valence-electron chi connectivity index (χ3n) is 6.00. The minimum atomic E-state index is -0.411. The number of nitrogens with two attached hydrogens (primary N) is 1. The third-order valence-corrected chi connectivity index (χ3v) is 6.66. The molecule has 1 aliphatic heterocycles. The first kappa shape index (κ1) is 23.1. The van der Waals surface area contributed by atoms with E-state index < -0.39 is 5.54 Å². The van der Waals surface area contributed by atoms with Gasteiger partial charge in [-0.3, -0.25) is 4.90 Å². The maximum atomic E-state index is 6.92. The molecule has 4 nitrogen and oxygen atoms in total. The molecule has 2 N–H and O–H groups in total. The number of benzene rings is 3. The molecule has 0 aliphatic carbocycles. The lowest BCUT2D eigenvalue weighted by molar-refractivity contribution is -0.140. The molecule has 168 valence electrons. The zero-order chi connectivity index (χ0) is 22.6. The van der Waals surface area contributed by atoms with E-state index in [1.54, 1.807) is 0 Å². The first-order valence-electron chi connectivity index (χ1n) is 11.2. The zero-order valence-electron chi connectivity index (χ0n) is 18.7. The smallest absolute Gasteiger partial charge is 0.183 e. The molecule has 3 aromatic rings. The molecule has 0 saturated carbocycles. The molecular formula is C27H31BrN2O2. The van der Waals surface area contributed by atoms with Crippen LogP contribution in [-0.4, -0.2) is 31.2 Å². The summed E-state index contributed by atoms with van der Waals surface area (Å²) in [5.41, 5.74) is 11.2. The Bertz CT molecular complexity index is 961. The van der Waals surface area contributed by atoms with Crippen LogP contribution in [0.15, 0.2) is 83.3 Å². The van der Waals surface area contributed by atoms with E-state index in [0.717, 1.165) is 28.7 Å². The van der Waals surface area contributed by atoms with Crippen LogP contribution >= 0.6 is 15.9 Å². The summed E-state index contributed by atoms with van der Waals surface area (Å²) in [6.45, 7) is 6.70. The van der Waals surface area contributed by atoms with Crippen molar-refractivity contribution in [2.75, 3.05) is 26.3 Å². The predicted octanol–water partition coefficient (Wildman–Crippen LogP) is 5.78. The van der Waals surface area contributed by atoms with Gasteiger partial charge in [0.05, 0.1) is 11.6 Å². The number of hydrogen-bond acceptors (Lipinski definition) is 4. The molecule has 1 saturated heterocycles. The molecule has 0 amide bonds. The van der Waals surface area contributed by atoms with Crippen LogP contribution < -0.4 is 5.73 Å². The van der Waals surface area contributed by atoms with Gasteiger partial charge in [0, 0.05) is 36.3 Å². The lowest BCUT2D eigenvalue weighted by Crippen LogP contribution is -2.65. The van der Waals surface area contributed by atoms with Gasteiger partial charge >= 0.3 is 0 Å². The summed E-state index contributed by atoms with van der Waals surface area (Å²) < 4.78 is 12.5. The number of ether oxygens (including phenoxy) is 2. The summed E-state index contributed by atoms with van der Waals surface area (Å²) in [6.07, 6.45) is -0.359. The second-order valence-corrected chi connectivity index (χ2v) is 9.12. The monoisotopic (exact) mass is 494 g/mol. The van der Waals surface area contributed by atoms with E-state index in [1.165, 1.54) is 11.1 Å². The highest BCUT2D eigenvalue weighted by molar-refractivity contribution is 9.10. The van der Waals surface area contributed by atoms with Crippen molar-refractivity contribution in [1.29, 1.82) is 0 Å². The molecule has 0 aromatic heterocycles. The van der Waals surface area contributed by atoms with Gasteiger partial charge in [0.2, 0.25) is 0 Å². The Morgan fingerprint density at radius 2 is 1.38 bits per heavy atom. The number of halogens is 1. The summed E-state index contributed by atoms with van der Waals surface area (Å²) in [4.78, 5) is 2.45. The van der Waals surface area contributed by atoms with Gasteiger partial charge in [-0.2, -0.15) is 0 Å². The van der Waals surface area contributed by atoms with Gasteiger partial charge in [0.15, 0.2) is 6.29 Å². The Balaban J connectivity index is 1.56. The third kappa shape index (κ3) is 4.82. The van der Waals surface area contributed by atoms with Gasteiger partial charge in [0.25, 0.3) is 0 Å². The predicted molar refractivity (Wildman–Crippen MR) is 132 cm³/mol. The number of hydrogen-bond donors (Lipinski definition) is 1. The Hall–Kier alpha value is -2.02. The summed E-state index contributed by atoms with van der Waals surface area (Å²) in [5, 5.41) is 0. The average molecular weight is 495 g/mol. The topological polar surface area (TPSA) is 47.7 Å². The summed E-state index contributed by atoms with van der Waals surface area (Å²) in [7, 11) is 0. The molecule has 0 radical (unpaired) electrons. The zero-order valence-corrected chi connectivity index (χ0v) is 20.3. The quantitative estimate of drug-likeness (QED) is 0.383. The highest BCUT2D eigenvalue weighted by Crippen LogP contribution is 2.41. The van der Waals surface area contributed by atoms with E-state index >= 15 is 0 Å². The largest absolute Gasteiger partial charge is 0.349 e. The second-order valence-electron chi connectivity index (χ2n) is 8.27. The van der Waals surface area contributed by atoms with Crippen LogP contribution in [0, 0.1) is 0 Å². The van der Waals surface area contributed by atoms with Crippen molar-refractivity contribution in [3.63, 3.8) is 0 Å². The molecule has 5 heteroatoms. The van der Waals surface area contributed by atoms with E-state index in [2.05, 4.69) is 99.7 Å². The SMILES string of the molecule is CCOC(OCC)c1ccc(C2(N)CN(C(c3ccccc3)c3ccccc3)C2)c(Br)c1. The van der Waals surface area contributed by atoms with Gasteiger partial charge in [-0.1, -0.05) is 88.7 Å². The summed E-state index contributed by atoms with van der Waals surface area (Å²) >= 11 is 3.77. The van der Waals surface area contributed by atoms with Crippen molar-refractivity contribution in [1.82, 2.24) is 4.90 Å². The molecule has 1 aliphatic rings. The lowest BCUT2D eigenvalue weighted by atomic mass is 9.80. The van der Waals surface area contributed by atoms with E-state index in [-0.39, 0.29) is 12.3 Å². The van der Waals surface area contributed by atoms with Crippen LogP contribution in [0.4, 0.5) is 0 Å².